The highest BCUT2D eigenvalue weighted by Gasteiger charge is 2.00. The number of aliphatic hydroxyl groups is 1. The monoisotopic (exact) mass is 284 g/mol. The number of aliphatic hydroxyl groups excluding tert-OH is 1. The van der Waals surface area contributed by atoms with Crippen molar-refractivity contribution >= 4 is 33.4 Å². The molecule has 0 amide bonds. The van der Waals surface area contributed by atoms with Gasteiger partial charge in [0, 0.05) is 3.57 Å². The topological polar surface area (TPSA) is 20.2 Å². The molecule has 0 radical (unpaired) electrons. The summed E-state index contributed by atoms with van der Waals surface area (Å²) < 4.78 is 1.17. The molecule has 0 aliphatic carbocycles. The van der Waals surface area contributed by atoms with E-state index in [4.69, 9.17) is 5.11 Å². The summed E-state index contributed by atoms with van der Waals surface area (Å²) in [5.41, 5.74) is 1.00. The highest BCUT2D eigenvalue weighted by molar-refractivity contribution is 14.1. The second kappa shape index (κ2) is 3.64. The van der Waals surface area contributed by atoms with Gasteiger partial charge in [0.05, 0.1) is 6.61 Å². The van der Waals surface area contributed by atoms with Crippen molar-refractivity contribution in [3.8, 4) is 0 Å². The van der Waals surface area contributed by atoms with Crippen molar-refractivity contribution in [3.05, 3.63) is 45.5 Å². The summed E-state index contributed by atoms with van der Waals surface area (Å²) in [7, 11) is 0. The third kappa shape index (κ3) is 1.69. The number of hydrogen-bond acceptors (Lipinski definition) is 1. The minimum Gasteiger partial charge on any atom is -0.392 e. The minimum atomic E-state index is 0.108. The second-order valence-corrected chi connectivity index (χ2v) is 4.19. The van der Waals surface area contributed by atoms with Crippen LogP contribution in [0.25, 0.3) is 10.8 Å². The van der Waals surface area contributed by atoms with Gasteiger partial charge in [-0.2, -0.15) is 0 Å². The van der Waals surface area contributed by atoms with E-state index in [1.165, 1.54) is 8.96 Å². The number of hydrogen-bond donors (Lipinski definition) is 1. The van der Waals surface area contributed by atoms with Crippen molar-refractivity contribution < 1.29 is 5.11 Å². The van der Waals surface area contributed by atoms with E-state index in [1.807, 2.05) is 24.3 Å². The first-order valence-electron chi connectivity index (χ1n) is 4.09. The summed E-state index contributed by atoms with van der Waals surface area (Å²) >= 11 is 2.27. The van der Waals surface area contributed by atoms with E-state index < -0.39 is 0 Å². The van der Waals surface area contributed by atoms with Gasteiger partial charge in [0.25, 0.3) is 0 Å². The fraction of sp³-hybridized carbons (Fsp3) is 0.0909. The molecule has 1 N–H and O–H groups in total. The maximum Gasteiger partial charge on any atom is 0.0688 e. The minimum absolute atomic E-state index is 0.108. The Morgan fingerprint density at radius 3 is 2.69 bits per heavy atom. The Kier molecular flexibility index (Phi) is 2.51. The van der Waals surface area contributed by atoms with Crippen LogP contribution in [0, 0.1) is 3.57 Å². The Balaban J connectivity index is 2.81. The van der Waals surface area contributed by atoms with Crippen molar-refractivity contribution in [1.29, 1.82) is 0 Å². The molecule has 2 rings (SSSR count). The first-order chi connectivity index (χ1) is 6.31. The van der Waals surface area contributed by atoms with Crippen molar-refractivity contribution in [2.24, 2.45) is 0 Å². The smallest absolute Gasteiger partial charge is 0.0688 e. The molecular weight excluding hydrogens is 275 g/mol. The fourth-order valence-electron chi connectivity index (χ4n) is 1.48. The Morgan fingerprint density at radius 2 is 1.92 bits per heavy atom. The Bertz CT molecular complexity index is 437. The van der Waals surface area contributed by atoms with Crippen LogP contribution in [0.1, 0.15) is 5.56 Å². The van der Waals surface area contributed by atoms with Crippen LogP contribution in [0.5, 0.6) is 0 Å². The lowest BCUT2D eigenvalue weighted by Gasteiger charge is -2.04. The SMILES string of the molecule is OCc1cc(I)cc2ccccc12. The predicted octanol–water partition coefficient (Wildman–Crippen LogP) is 2.94. The molecule has 0 bridgehead atoms. The Hall–Kier alpha value is -0.610. The van der Waals surface area contributed by atoms with Crippen LogP contribution in [0.2, 0.25) is 0 Å². The zero-order valence-corrected chi connectivity index (χ0v) is 9.15. The number of benzene rings is 2. The van der Waals surface area contributed by atoms with Gasteiger partial charge in [0.2, 0.25) is 0 Å². The van der Waals surface area contributed by atoms with Crippen LogP contribution < -0.4 is 0 Å². The summed E-state index contributed by atoms with van der Waals surface area (Å²) in [6.45, 7) is 0.108. The second-order valence-electron chi connectivity index (χ2n) is 2.94. The average molecular weight is 284 g/mol. The number of fused-ring (bicyclic) bond motifs is 1. The summed E-state index contributed by atoms with van der Waals surface area (Å²) in [4.78, 5) is 0. The molecule has 66 valence electrons. The summed E-state index contributed by atoms with van der Waals surface area (Å²) in [6, 6.07) is 12.2. The van der Waals surface area contributed by atoms with Gasteiger partial charge in [0.1, 0.15) is 0 Å². The molecule has 13 heavy (non-hydrogen) atoms. The zero-order valence-electron chi connectivity index (χ0n) is 7.00. The molecule has 0 aromatic heterocycles. The van der Waals surface area contributed by atoms with Crippen molar-refractivity contribution in [3.63, 3.8) is 0 Å². The van der Waals surface area contributed by atoms with Crippen LogP contribution in [-0.2, 0) is 6.61 Å². The van der Waals surface area contributed by atoms with Gasteiger partial charge in [-0.1, -0.05) is 24.3 Å². The summed E-state index contributed by atoms with van der Waals surface area (Å²) in [5.74, 6) is 0. The maximum atomic E-state index is 9.16. The molecule has 2 heteroatoms. The molecule has 1 nitrogen and oxygen atoms in total. The first-order valence-corrected chi connectivity index (χ1v) is 5.17. The van der Waals surface area contributed by atoms with Gasteiger partial charge in [-0.05, 0) is 51.1 Å². The fourth-order valence-corrected chi connectivity index (χ4v) is 2.19. The van der Waals surface area contributed by atoms with Gasteiger partial charge in [0.15, 0.2) is 0 Å². The van der Waals surface area contributed by atoms with Crippen molar-refractivity contribution in [2.45, 2.75) is 6.61 Å². The lowest BCUT2D eigenvalue weighted by Crippen LogP contribution is -1.87. The lowest BCUT2D eigenvalue weighted by atomic mass is 10.1. The normalized spacial score (nSPS) is 10.6. The summed E-state index contributed by atoms with van der Waals surface area (Å²) in [6.07, 6.45) is 0. The van der Waals surface area contributed by atoms with E-state index in [-0.39, 0.29) is 6.61 Å². The van der Waals surface area contributed by atoms with Crippen molar-refractivity contribution in [2.75, 3.05) is 0 Å². The lowest BCUT2D eigenvalue weighted by molar-refractivity contribution is 0.283. The van der Waals surface area contributed by atoms with Crippen LogP contribution in [0.3, 0.4) is 0 Å². The highest BCUT2D eigenvalue weighted by atomic mass is 127. The van der Waals surface area contributed by atoms with Crippen LogP contribution in [-0.4, -0.2) is 5.11 Å². The van der Waals surface area contributed by atoms with E-state index in [9.17, 15) is 0 Å². The van der Waals surface area contributed by atoms with Gasteiger partial charge in [-0.3, -0.25) is 0 Å². The molecule has 0 saturated heterocycles. The van der Waals surface area contributed by atoms with Crippen LogP contribution >= 0.6 is 22.6 Å². The highest BCUT2D eigenvalue weighted by Crippen LogP contribution is 2.21. The standard InChI is InChI=1S/C11H9IO/c12-10-5-8-3-1-2-4-11(8)9(6-10)7-13/h1-6,13H,7H2. The third-order valence-electron chi connectivity index (χ3n) is 2.08. The van der Waals surface area contributed by atoms with E-state index in [0.717, 1.165) is 10.9 Å². The molecule has 0 atom stereocenters. The molecule has 0 fully saturated rings. The van der Waals surface area contributed by atoms with Crippen LogP contribution in [0.4, 0.5) is 0 Å². The van der Waals surface area contributed by atoms with E-state index in [0.29, 0.717) is 0 Å². The van der Waals surface area contributed by atoms with Crippen molar-refractivity contribution in [1.82, 2.24) is 0 Å². The van der Waals surface area contributed by atoms with E-state index in [2.05, 4.69) is 34.7 Å². The third-order valence-corrected chi connectivity index (χ3v) is 2.71. The van der Waals surface area contributed by atoms with E-state index >= 15 is 0 Å². The average Bonchev–Trinajstić information content (AvgIpc) is 2.16. The molecule has 2 aromatic rings. The molecule has 2 aromatic carbocycles. The zero-order chi connectivity index (χ0) is 9.26. The molecular formula is C11H9IO. The van der Waals surface area contributed by atoms with Gasteiger partial charge < -0.3 is 5.11 Å². The Morgan fingerprint density at radius 1 is 1.15 bits per heavy atom. The number of rotatable bonds is 1. The predicted molar refractivity (Wildman–Crippen MR) is 62.6 cm³/mol. The van der Waals surface area contributed by atoms with Gasteiger partial charge >= 0.3 is 0 Å². The first kappa shape index (κ1) is 8.97. The molecule has 0 saturated carbocycles. The largest absolute Gasteiger partial charge is 0.392 e. The molecule has 0 heterocycles. The molecule has 0 spiro atoms. The van der Waals surface area contributed by atoms with Crippen LogP contribution in [0.15, 0.2) is 36.4 Å². The maximum absolute atomic E-state index is 9.16. The quantitative estimate of drug-likeness (QED) is 0.798. The molecule has 0 aliphatic rings. The molecule has 0 unspecified atom stereocenters. The van der Waals surface area contributed by atoms with E-state index in [1.54, 1.807) is 0 Å². The molecule has 0 aliphatic heterocycles. The number of halogens is 1. The summed E-state index contributed by atoms with van der Waals surface area (Å²) in [5, 5.41) is 11.5. The van der Waals surface area contributed by atoms with Gasteiger partial charge in [-0.15, -0.1) is 0 Å². The Labute approximate surface area is 90.5 Å². The van der Waals surface area contributed by atoms with Gasteiger partial charge in [-0.25, -0.2) is 0 Å².